The van der Waals surface area contributed by atoms with Crippen molar-refractivity contribution in [1.29, 1.82) is 0 Å². The van der Waals surface area contributed by atoms with Crippen molar-refractivity contribution >= 4 is 6.03 Å². The molecule has 2 aromatic rings. The number of nitrogens with one attached hydrogen (secondary N) is 2. The summed E-state index contributed by atoms with van der Waals surface area (Å²) in [5.41, 5.74) is 1.18. The Hall–Kier alpha value is -2.37. The number of fused-ring (bicyclic) bond motifs is 1. The fourth-order valence-electron chi connectivity index (χ4n) is 3.79. The monoisotopic (exact) mass is 339 g/mol. The van der Waals surface area contributed by atoms with E-state index >= 15 is 0 Å². The number of rotatable bonds is 6. The summed E-state index contributed by atoms with van der Waals surface area (Å²) >= 11 is 0. The van der Waals surface area contributed by atoms with Gasteiger partial charge in [-0.15, -0.1) is 10.2 Å². The molecule has 0 spiro atoms. The van der Waals surface area contributed by atoms with Gasteiger partial charge in [0.05, 0.1) is 6.04 Å². The zero-order valence-corrected chi connectivity index (χ0v) is 14.6. The standard InChI is InChI=1S/C19H25N5O/c1-13-12-15(13)18(14-6-3-2-4-7-14)21-19(25)20-10-9-17-23-22-16-8-5-11-24(16)17/h2-4,6-7,13,15,18H,5,8-12H2,1H3,(H2,20,21,25)/t13-,15+,18+/m1/s1. The van der Waals surface area contributed by atoms with Gasteiger partial charge in [-0.25, -0.2) is 4.79 Å². The number of nitrogens with zero attached hydrogens (tertiary/aromatic N) is 3. The first-order valence-corrected chi connectivity index (χ1v) is 9.22. The molecule has 1 aliphatic heterocycles. The van der Waals surface area contributed by atoms with Crippen LogP contribution in [0.4, 0.5) is 4.79 Å². The van der Waals surface area contributed by atoms with E-state index in [4.69, 9.17) is 0 Å². The highest BCUT2D eigenvalue weighted by Crippen LogP contribution is 2.46. The topological polar surface area (TPSA) is 71.8 Å². The second-order valence-electron chi connectivity index (χ2n) is 7.20. The minimum absolute atomic E-state index is 0.0912. The van der Waals surface area contributed by atoms with Crippen molar-refractivity contribution in [2.75, 3.05) is 6.54 Å². The van der Waals surface area contributed by atoms with Gasteiger partial charge in [-0.05, 0) is 30.2 Å². The molecule has 1 aromatic carbocycles. The summed E-state index contributed by atoms with van der Waals surface area (Å²) in [6.07, 6.45) is 4.05. The molecule has 6 nitrogen and oxygen atoms in total. The fourth-order valence-corrected chi connectivity index (χ4v) is 3.79. The van der Waals surface area contributed by atoms with Gasteiger partial charge in [-0.2, -0.15) is 0 Å². The molecule has 0 bridgehead atoms. The van der Waals surface area contributed by atoms with Crippen molar-refractivity contribution in [3.05, 3.63) is 47.5 Å². The van der Waals surface area contributed by atoms with E-state index in [0.29, 0.717) is 18.4 Å². The van der Waals surface area contributed by atoms with Crippen LogP contribution in [0.5, 0.6) is 0 Å². The smallest absolute Gasteiger partial charge is 0.315 e. The van der Waals surface area contributed by atoms with Crippen LogP contribution < -0.4 is 10.6 Å². The molecular formula is C19H25N5O. The Morgan fingerprint density at radius 3 is 2.88 bits per heavy atom. The third-order valence-corrected chi connectivity index (χ3v) is 5.37. The van der Waals surface area contributed by atoms with Crippen molar-refractivity contribution in [1.82, 2.24) is 25.4 Å². The van der Waals surface area contributed by atoms with Crippen LogP contribution in [0.2, 0.25) is 0 Å². The average Bonchev–Trinajstić information content (AvgIpc) is 3.01. The largest absolute Gasteiger partial charge is 0.338 e. The molecule has 0 radical (unpaired) electrons. The number of carbonyl (C=O) groups is 1. The zero-order chi connectivity index (χ0) is 17.2. The molecule has 4 rings (SSSR count). The zero-order valence-electron chi connectivity index (χ0n) is 14.6. The molecule has 1 saturated carbocycles. The van der Waals surface area contributed by atoms with Crippen LogP contribution in [0.1, 0.15) is 43.0 Å². The third-order valence-electron chi connectivity index (χ3n) is 5.37. The molecule has 0 saturated heterocycles. The Morgan fingerprint density at radius 1 is 1.32 bits per heavy atom. The van der Waals surface area contributed by atoms with Crippen LogP contribution in [-0.4, -0.2) is 27.3 Å². The van der Waals surface area contributed by atoms with Crippen molar-refractivity contribution in [3.8, 4) is 0 Å². The molecule has 2 N–H and O–H groups in total. The van der Waals surface area contributed by atoms with Gasteiger partial charge in [0.15, 0.2) is 0 Å². The maximum absolute atomic E-state index is 12.4. The van der Waals surface area contributed by atoms with Gasteiger partial charge in [0.2, 0.25) is 0 Å². The van der Waals surface area contributed by atoms with Gasteiger partial charge >= 0.3 is 6.03 Å². The molecule has 2 heterocycles. The number of hydrogen-bond donors (Lipinski definition) is 2. The number of amides is 2. The average molecular weight is 339 g/mol. The number of urea groups is 1. The maximum Gasteiger partial charge on any atom is 0.315 e. The van der Waals surface area contributed by atoms with Crippen LogP contribution in [0.15, 0.2) is 30.3 Å². The van der Waals surface area contributed by atoms with Gasteiger partial charge in [0.1, 0.15) is 11.6 Å². The SMILES string of the molecule is C[C@@H]1C[C@@H]1[C@@H](NC(=O)NCCc1nnc2n1CCC2)c1ccccc1. The first-order valence-electron chi connectivity index (χ1n) is 9.22. The summed E-state index contributed by atoms with van der Waals surface area (Å²) < 4.78 is 2.18. The summed E-state index contributed by atoms with van der Waals surface area (Å²) in [4.78, 5) is 12.4. The number of aromatic nitrogens is 3. The molecule has 1 aliphatic carbocycles. The van der Waals surface area contributed by atoms with E-state index in [1.165, 1.54) is 12.0 Å². The first-order chi connectivity index (χ1) is 12.2. The Labute approximate surface area is 148 Å². The van der Waals surface area contributed by atoms with Gasteiger partial charge in [-0.3, -0.25) is 0 Å². The predicted molar refractivity (Wildman–Crippen MR) is 95.0 cm³/mol. The molecule has 132 valence electrons. The minimum atomic E-state index is -0.103. The van der Waals surface area contributed by atoms with Crippen LogP contribution in [0.25, 0.3) is 0 Å². The van der Waals surface area contributed by atoms with Crippen LogP contribution >= 0.6 is 0 Å². The molecular weight excluding hydrogens is 314 g/mol. The van der Waals surface area contributed by atoms with E-state index in [0.717, 1.165) is 37.5 Å². The Kier molecular flexibility index (Phi) is 4.42. The lowest BCUT2D eigenvalue weighted by Crippen LogP contribution is -2.40. The summed E-state index contributed by atoms with van der Waals surface area (Å²) in [6.45, 7) is 3.82. The van der Waals surface area contributed by atoms with Gasteiger partial charge in [0, 0.05) is 25.9 Å². The Bertz CT molecular complexity index is 742. The molecule has 2 aliphatic rings. The minimum Gasteiger partial charge on any atom is -0.338 e. The van der Waals surface area contributed by atoms with E-state index in [-0.39, 0.29) is 12.1 Å². The Balaban J connectivity index is 1.31. The van der Waals surface area contributed by atoms with E-state index in [1.807, 2.05) is 18.2 Å². The molecule has 25 heavy (non-hydrogen) atoms. The van der Waals surface area contributed by atoms with Crippen molar-refractivity contribution in [3.63, 3.8) is 0 Å². The summed E-state index contributed by atoms with van der Waals surface area (Å²) in [7, 11) is 0. The molecule has 1 fully saturated rings. The van der Waals surface area contributed by atoms with E-state index < -0.39 is 0 Å². The van der Waals surface area contributed by atoms with Crippen LogP contribution in [0, 0.1) is 11.8 Å². The summed E-state index contributed by atoms with van der Waals surface area (Å²) in [5, 5.41) is 14.6. The lowest BCUT2D eigenvalue weighted by Gasteiger charge is -2.19. The molecule has 2 amide bonds. The summed E-state index contributed by atoms with van der Waals surface area (Å²) in [5.74, 6) is 3.26. The Morgan fingerprint density at radius 2 is 2.12 bits per heavy atom. The van der Waals surface area contributed by atoms with Crippen molar-refractivity contribution < 1.29 is 4.79 Å². The van der Waals surface area contributed by atoms with Crippen molar-refractivity contribution in [2.24, 2.45) is 11.8 Å². The van der Waals surface area contributed by atoms with E-state index in [1.54, 1.807) is 0 Å². The highest BCUT2D eigenvalue weighted by Gasteiger charge is 2.40. The molecule has 0 unspecified atom stereocenters. The van der Waals surface area contributed by atoms with Gasteiger partial charge in [0.25, 0.3) is 0 Å². The molecule has 6 heteroatoms. The lowest BCUT2D eigenvalue weighted by molar-refractivity contribution is 0.235. The normalized spacial score (nSPS) is 22.3. The predicted octanol–water partition coefficient (Wildman–Crippen LogP) is 2.46. The second kappa shape index (κ2) is 6.86. The highest BCUT2D eigenvalue weighted by molar-refractivity contribution is 5.74. The summed E-state index contributed by atoms with van der Waals surface area (Å²) in [6, 6.07) is 10.2. The van der Waals surface area contributed by atoms with Gasteiger partial charge in [-0.1, -0.05) is 37.3 Å². The number of benzene rings is 1. The first kappa shape index (κ1) is 16.1. The van der Waals surface area contributed by atoms with Crippen molar-refractivity contribution in [2.45, 2.75) is 45.2 Å². The third kappa shape index (κ3) is 3.52. The quantitative estimate of drug-likeness (QED) is 0.849. The fraction of sp³-hybridized carbons (Fsp3) is 0.526. The van der Waals surface area contributed by atoms with Gasteiger partial charge < -0.3 is 15.2 Å². The number of aryl methyl sites for hydroxylation is 1. The van der Waals surface area contributed by atoms with E-state index in [2.05, 4.69) is 44.5 Å². The molecule has 1 aromatic heterocycles. The van der Waals surface area contributed by atoms with Crippen LogP contribution in [-0.2, 0) is 19.4 Å². The lowest BCUT2D eigenvalue weighted by atomic mass is 10.0. The maximum atomic E-state index is 12.4. The van der Waals surface area contributed by atoms with Crippen LogP contribution in [0.3, 0.4) is 0 Å². The second-order valence-corrected chi connectivity index (χ2v) is 7.20. The molecule has 3 atom stereocenters. The van der Waals surface area contributed by atoms with E-state index in [9.17, 15) is 4.79 Å². The highest BCUT2D eigenvalue weighted by atomic mass is 16.2. The number of carbonyl (C=O) groups excluding carboxylic acids is 1. The number of hydrogen-bond acceptors (Lipinski definition) is 3.